The van der Waals surface area contributed by atoms with Crippen LogP contribution in [0.2, 0.25) is 0 Å². The van der Waals surface area contributed by atoms with Crippen molar-refractivity contribution in [1.82, 2.24) is 0 Å². The van der Waals surface area contributed by atoms with Crippen molar-refractivity contribution in [1.29, 1.82) is 0 Å². The summed E-state index contributed by atoms with van der Waals surface area (Å²) >= 11 is 0. The van der Waals surface area contributed by atoms with E-state index in [0.29, 0.717) is 25.7 Å². The smallest absolute Gasteiger partial charge is 0.306 e. The molecule has 0 saturated carbocycles. The molecule has 6 nitrogen and oxygen atoms in total. The molecule has 0 amide bonds. The molecule has 0 rings (SSSR count). The average molecular weight is 797 g/mol. The van der Waals surface area contributed by atoms with Crippen molar-refractivity contribution in [2.75, 3.05) is 13.2 Å². The second kappa shape index (κ2) is 45.8. The van der Waals surface area contributed by atoms with Crippen molar-refractivity contribution in [3.8, 4) is 0 Å². The second-order valence-electron chi connectivity index (χ2n) is 15.6. The van der Waals surface area contributed by atoms with Crippen LogP contribution in [0.5, 0.6) is 0 Å². The van der Waals surface area contributed by atoms with E-state index in [9.17, 15) is 14.4 Å². The van der Waals surface area contributed by atoms with Gasteiger partial charge in [-0.2, -0.15) is 0 Å². The maximum atomic E-state index is 12.7. The largest absolute Gasteiger partial charge is 0.462 e. The highest BCUT2D eigenvalue weighted by Gasteiger charge is 2.19. The normalized spacial score (nSPS) is 12.5. The fraction of sp³-hybridized carbons (Fsp3) is 0.745. The fourth-order valence-electron chi connectivity index (χ4n) is 6.39. The number of hydrogen-bond donors (Lipinski definition) is 0. The van der Waals surface area contributed by atoms with E-state index in [1.165, 1.54) is 89.9 Å². The predicted molar refractivity (Wildman–Crippen MR) is 242 cm³/mol. The molecule has 1 unspecified atom stereocenters. The summed E-state index contributed by atoms with van der Waals surface area (Å²) in [7, 11) is 0. The van der Waals surface area contributed by atoms with Gasteiger partial charge in [0, 0.05) is 19.3 Å². The highest BCUT2D eigenvalue weighted by molar-refractivity contribution is 5.71. The number of hydrogen-bond acceptors (Lipinski definition) is 6. The Kier molecular flexibility index (Phi) is 43.5. The SMILES string of the molecule is CC/C=C\C/C=C\C/C=C\CCCCCCC(=O)OC(COC(=O)CCC/C=C\CCCCCC)COC(=O)CCCCCCC/C=C\CCCCCCCCC. The zero-order chi connectivity index (χ0) is 41.5. The second-order valence-corrected chi connectivity index (χ2v) is 15.6. The highest BCUT2D eigenvalue weighted by atomic mass is 16.6. The van der Waals surface area contributed by atoms with Crippen LogP contribution in [0.15, 0.2) is 60.8 Å². The number of ether oxygens (including phenoxy) is 3. The first kappa shape index (κ1) is 54.1. The van der Waals surface area contributed by atoms with Gasteiger partial charge < -0.3 is 14.2 Å². The minimum absolute atomic E-state index is 0.0965. The van der Waals surface area contributed by atoms with Gasteiger partial charge in [-0.1, -0.05) is 171 Å². The van der Waals surface area contributed by atoms with Crippen molar-refractivity contribution >= 4 is 17.9 Å². The lowest BCUT2D eigenvalue weighted by atomic mass is 10.1. The summed E-state index contributed by atoms with van der Waals surface area (Å²) in [5.74, 6) is -0.966. The quantitative estimate of drug-likeness (QED) is 0.0265. The first-order chi connectivity index (χ1) is 28.0. The van der Waals surface area contributed by atoms with Gasteiger partial charge in [0.2, 0.25) is 0 Å². The molecule has 328 valence electrons. The van der Waals surface area contributed by atoms with Gasteiger partial charge in [-0.3, -0.25) is 14.4 Å². The highest BCUT2D eigenvalue weighted by Crippen LogP contribution is 2.13. The average Bonchev–Trinajstić information content (AvgIpc) is 3.21. The third kappa shape index (κ3) is 44.1. The van der Waals surface area contributed by atoms with E-state index in [-0.39, 0.29) is 31.1 Å². The van der Waals surface area contributed by atoms with Crippen molar-refractivity contribution in [3.63, 3.8) is 0 Å². The monoisotopic (exact) mass is 797 g/mol. The molecule has 0 aliphatic rings. The molecule has 0 aromatic carbocycles. The maximum Gasteiger partial charge on any atom is 0.306 e. The lowest BCUT2D eigenvalue weighted by molar-refractivity contribution is -0.167. The van der Waals surface area contributed by atoms with Crippen molar-refractivity contribution < 1.29 is 28.6 Å². The molecule has 1 atom stereocenters. The third-order valence-electron chi connectivity index (χ3n) is 9.98. The minimum atomic E-state index is -0.797. The molecule has 0 radical (unpaired) electrons. The molecule has 57 heavy (non-hydrogen) atoms. The number of unbranched alkanes of at least 4 members (excludes halogenated alkanes) is 21. The van der Waals surface area contributed by atoms with Crippen LogP contribution in [0.1, 0.15) is 226 Å². The van der Waals surface area contributed by atoms with Gasteiger partial charge in [-0.05, 0) is 96.3 Å². The van der Waals surface area contributed by atoms with Crippen molar-refractivity contribution in [2.24, 2.45) is 0 Å². The Balaban J connectivity index is 4.41. The van der Waals surface area contributed by atoms with Crippen molar-refractivity contribution in [3.05, 3.63) is 60.8 Å². The van der Waals surface area contributed by atoms with E-state index in [2.05, 4.69) is 81.5 Å². The Bertz CT molecular complexity index is 1050. The lowest BCUT2D eigenvalue weighted by Gasteiger charge is -2.18. The van der Waals surface area contributed by atoms with Crippen LogP contribution >= 0.6 is 0 Å². The summed E-state index contributed by atoms with van der Waals surface area (Å²) in [6, 6.07) is 0. The predicted octanol–water partition coefficient (Wildman–Crippen LogP) is 15.3. The molecular formula is C51H88O6. The fourth-order valence-corrected chi connectivity index (χ4v) is 6.39. The summed E-state index contributed by atoms with van der Waals surface area (Å²) in [5, 5.41) is 0. The Labute approximate surface area is 351 Å². The zero-order valence-corrected chi connectivity index (χ0v) is 37.3. The van der Waals surface area contributed by atoms with Crippen LogP contribution in [-0.4, -0.2) is 37.2 Å². The Morgan fingerprint density at radius 1 is 0.368 bits per heavy atom. The number of carbonyl (C=O) groups is 3. The topological polar surface area (TPSA) is 78.9 Å². The molecule has 0 fully saturated rings. The zero-order valence-electron chi connectivity index (χ0n) is 37.3. The van der Waals surface area contributed by atoms with E-state index < -0.39 is 6.10 Å². The van der Waals surface area contributed by atoms with Crippen LogP contribution in [0.25, 0.3) is 0 Å². The first-order valence-corrected chi connectivity index (χ1v) is 23.8. The van der Waals surface area contributed by atoms with E-state index in [0.717, 1.165) is 89.9 Å². The van der Waals surface area contributed by atoms with E-state index in [4.69, 9.17) is 14.2 Å². The molecular weight excluding hydrogens is 709 g/mol. The summed E-state index contributed by atoms with van der Waals surface area (Å²) in [5.41, 5.74) is 0. The molecule has 0 spiro atoms. The minimum Gasteiger partial charge on any atom is -0.462 e. The summed E-state index contributed by atoms with van der Waals surface area (Å²) in [4.78, 5) is 37.7. The van der Waals surface area contributed by atoms with Crippen LogP contribution in [0.4, 0.5) is 0 Å². The maximum absolute atomic E-state index is 12.7. The molecule has 0 aliphatic carbocycles. The molecule has 0 aromatic heterocycles. The van der Waals surface area contributed by atoms with Gasteiger partial charge in [0.05, 0.1) is 0 Å². The number of carbonyl (C=O) groups excluding carboxylic acids is 3. The summed E-state index contributed by atoms with van der Waals surface area (Å²) in [6.07, 6.45) is 55.0. The van der Waals surface area contributed by atoms with E-state index in [1.54, 1.807) is 0 Å². The number of esters is 3. The van der Waals surface area contributed by atoms with Gasteiger partial charge in [0.15, 0.2) is 6.10 Å². The number of allylic oxidation sites excluding steroid dienone is 10. The molecule has 0 heterocycles. The molecule has 0 saturated heterocycles. The van der Waals surface area contributed by atoms with E-state index >= 15 is 0 Å². The standard InChI is InChI=1S/C51H88O6/c1-4-7-10-13-16-19-21-23-25-26-28-29-32-35-38-41-44-50(53)56-47-48(46-55-49(52)43-40-37-34-31-18-15-12-9-6-3)57-51(54)45-42-39-36-33-30-27-24-22-20-17-14-11-8-5-2/h8,11,17,20,24-27,31,34,48H,4-7,9-10,12-16,18-19,21-23,28-30,32-33,35-47H2,1-3H3/b11-8-,20-17-,26-25-,27-24-,34-31-. The van der Waals surface area contributed by atoms with Gasteiger partial charge in [0.25, 0.3) is 0 Å². The third-order valence-corrected chi connectivity index (χ3v) is 9.98. The summed E-state index contributed by atoms with van der Waals surface area (Å²) < 4.78 is 16.7. The Morgan fingerprint density at radius 3 is 1.18 bits per heavy atom. The molecule has 0 aromatic rings. The van der Waals surface area contributed by atoms with E-state index in [1.807, 2.05) is 0 Å². The van der Waals surface area contributed by atoms with Gasteiger partial charge in [0.1, 0.15) is 13.2 Å². The lowest BCUT2D eigenvalue weighted by Crippen LogP contribution is -2.30. The van der Waals surface area contributed by atoms with Crippen molar-refractivity contribution in [2.45, 2.75) is 232 Å². The molecule has 0 N–H and O–H groups in total. The molecule has 0 bridgehead atoms. The molecule has 0 aliphatic heterocycles. The first-order valence-electron chi connectivity index (χ1n) is 23.8. The van der Waals surface area contributed by atoms with Crippen LogP contribution in [0.3, 0.4) is 0 Å². The molecule has 6 heteroatoms. The van der Waals surface area contributed by atoms with Crippen LogP contribution in [-0.2, 0) is 28.6 Å². The van der Waals surface area contributed by atoms with Gasteiger partial charge in [-0.15, -0.1) is 0 Å². The summed E-state index contributed by atoms with van der Waals surface area (Å²) in [6.45, 7) is 6.43. The Hall–Kier alpha value is -2.89. The van der Waals surface area contributed by atoms with Gasteiger partial charge in [-0.25, -0.2) is 0 Å². The van der Waals surface area contributed by atoms with Crippen LogP contribution in [0, 0.1) is 0 Å². The number of rotatable bonds is 42. The van der Waals surface area contributed by atoms with Gasteiger partial charge >= 0.3 is 17.9 Å². The van der Waals surface area contributed by atoms with Crippen LogP contribution < -0.4 is 0 Å². The Morgan fingerprint density at radius 2 is 0.702 bits per heavy atom.